The standard InChI is InChI=1S/C22H24FN3O2/c1-17(28-21-9-5-18(15-24)6-10-21)22(27)26-12-2-11-25(13-14-26)16-19-3-7-20(23)8-4-19/h3-10,17H,2,11-14,16H2,1H3. The Morgan fingerprint density at radius 2 is 1.82 bits per heavy atom. The fourth-order valence-electron chi connectivity index (χ4n) is 3.32. The summed E-state index contributed by atoms with van der Waals surface area (Å²) in [5, 5.41) is 8.85. The number of amides is 1. The van der Waals surface area contributed by atoms with Crippen LogP contribution in [0.3, 0.4) is 0 Å². The molecule has 1 aliphatic rings. The molecule has 2 aromatic carbocycles. The van der Waals surface area contributed by atoms with Crippen LogP contribution in [-0.2, 0) is 11.3 Å². The van der Waals surface area contributed by atoms with Crippen LogP contribution in [0.5, 0.6) is 5.75 Å². The molecule has 0 bridgehead atoms. The number of rotatable bonds is 5. The second-order valence-corrected chi connectivity index (χ2v) is 6.98. The molecule has 146 valence electrons. The molecule has 0 N–H and O–H groups in total. The van der Waals surface area contributed by atoms with Crippen molar-refractivity contribution < 1.29 is 13.9 Å². The minimum Gasteiger partial charge on any atom is -0.481 e. The SMILES string of the molecule is CC(Oc1ccc(C#N)cc1)C(=O)N1CCCN(Cc2ccc(F)cc2)CC1. The quantitative estimate of drug-likeness (QED) is 0.798. The van der Waals surface area contributed by atoms with Gasteiger partial charge in [0.25, 0.3) is 5.91 Å². The van der Waals surface area contributed by atoms with E-state index in [1.54, 1.807) is 43.3 Å². The number of ether oxygens (including phenoxy) is 1. The molecule has 1 unspecified atom stereocenters. The summed E-state index contributed by atoms with van der Waals surface area (Å²) in [5.74, 6) is 0.313. The lowest BCUT2D eigenvalue weighted by atomic mass is 10.2. The topological polar surface area (TPSA) is 56.6 Å². The molecule has 0 spiro atoms. The van der Waals surface area contributed by atoms with E-state index in [9.17, 15) is 9.18 Å². The molecule has 1 aliphatic heterocycles. The first-order valence-electron chi connectivity index (χ1n) is 9.47. The predicted molar refractivity (Wildman–Crippen MR) is 104 cm³/mol. The van der Waals surface area contributed by atoms with E-state index in [0.717, 1.165) is 31.6 Å². The summed E-state index contributed by atoms with van der Waals surface area (Å²) in [6, 6.07) is 15.4. The normalized spacial score (nSPS) is 16.1. The minimum absolute atomic E-state index is 0.0343. The van der Waals surface area contributed by atoms with Crippen LogP contribution >= 0.6 is 0 Å². The summed E-state index contributed by atoms with van der Waals surface area (Å²) in [6.07, 6.45) is 0.299. The molecule has 1 amide bonds. The first-order valence-corrected chi connectivity index (χ1v) is 9.47. The molecule has 5 nitrogen and oxygen atoms in total. The number of hydrogen-bond acceptors (Lipinski definition) is 4. The molecule has 1 fully saturated rings. The van der Waals surface area contributed by atoms with Gasteiger partial charge in [0.2, 0.25) is 0 Å². The zero-order valence-electron chi connectivity index (χ0n) is 16.0. The predicted octanol–water partition coefficient (Wildman–Crippen LogP) is 3.20. The zero-order valence-corrected chi connectivity index (χ0v) is 16.0. The van der Waals surface area contributed by atoms with E-state index in [1.807, 2.05) is 4.90 Å². The Balaban J connectivity index is 1.52. The van der Waals surface area contributed by atoms with Crippen molar-refractivity contribution in [1.82, 2.24) is 9.80 Å². The first kappa shape index (κ1) is 19.8. The van der Waals surface area contributed by atoms with Crippen LogP contribution in [0.2, 0.25) is 0 Å². The molecule has 0 saturated carbocycles. The Morgan fingerprint density at radius 3 is 2.50 bits per heavy atom. The van der Waals surface area contributed by atoms with Gasteiger partial charge in [-0.25, -0.2) is 4.39 Å². The number of nitriles is 1. The Hall–Kier alpha value is -2.91. The van der Waals surface area contributed by atoms with E-state index < -0.39 is 6.10 Å². The molecule has 1 heterocycles. The number of benzene rings is 2. The van der Waals surface area contributed by atoms with Gasteiger partial charge >= 0.3 is 0 Å². The summed E-state index contributed by atoms with van der Waals surface area (Å²) in [5.41, 5.74) is 1.62. The molecule has 0 aromatic heterocycles. The van der Waals surface area contributed by atoms with Crippen molar-refractivity contribution in [3.8, 4) is 11.8 Å². The average molecular weight is 381 g/mol. The van der Waals surface area contributed by atoms with E-state index in [1.165, 1.54) is 12.1 Å². The molecule has 3 rings (SSSR count). The highest BCUT2D eigenvalue weighted by atomic mass is 19.1. The monoisotopic (exact) mass is 381 g/mol. The van der Waals surface area contributed by atoms with Crippen molar-refractivity contribution in [1.29, 1.82) is 5.26 Å². The van der Waals surface area contributed by atoms with Gasteiger partial charge in [-0.2, -0.15) is 5.26 Å². The van der Waals surface area contributed by atoms with Gasteiger partial charge in [-0.05, 0) is 55.3 Å². The van der Waals surface area contributed by atoms with Gasteiger partial charge < -0.3 is 9.64 Å². The van der Waals surface area contributed by atoms with E-state index in [0.29, 0.717) is 24.4 Å². The van der Waals surface area contributed by atoms with Crippen molar-refractivity contribution in [2.24, 2.45) is 0 Å². The summed E-state index contributed by atoms with van der Waals surface area (Å²) in [6.45, 7) is 5.50. The van der Waals surface area contributed by atoms with Crippen molar-refractivity contribution in [2.75, 3.05) is 26.2 Å². The summed E-state index contributed by atoms with van der Waals surface area (Å²) in [7, 11) is 0. The molecule has 28 heavy (non-hydrogen) atoms. The van der Waals surface area contributed by atoms with Crippen molar-refractivity contribution >= 4 is 5.91 Å². The molecular weight excluding hydrogens is 357 g/mol. The zero-order chi connectivity index (χ0) is 19.9. The van der Waals surface area contributed by atoms with Gasteiger partial charge in [0.1, 0.15) is 11.6 Å². The molecule has 2 aromatic rings. The van der Waals surface area contributed by atoms with Crippen LogP contribution < -0.4 is 4.74 Å². The largest absolute Gasteiger partial charge is 0.481 e. The summed E-state index contributed by atoms with van der Waals surface area (Å²) >= 11 is 0. The summed E-state index contributed by atoms with van der Waals surface area (Å²) < 4.78 is 18.8. The van der Waals surface area contributed by atoms with Crippen LogP contribution in [0.25, 0.3) is 0 Å². The Labute approximate surface area is 164 Å². The number of halogens is 1. The highest BCUT2D eigenvalue weighted by Gasteiger charge is 2.24. The molecule has 0 radical (unpaired) electrons. The second-order valence-electron chi connectivity index (χ2n) is 6.98. The van der Waals surface area contributed by atoms with Crippen LogP contribution in [0, 0.1) is 17.1 Å². The van der Waals surface area contributed by atoms with Gasteiger partial charge in [0, 0.05) is 32.7 Å². The third-order valence-electron chi connectivity index (χ3n) is 4.86. The van der Waals surface area contributed by atoms with Gasteiger partial charge in [-0.15, -0.1) is 0 Å². The van der Waals surface area contributed by atoms with Crippen LogP contribution in [0.15, 0.2) is 48.5 Å². The molecule has 1 atom stereocenters. The average Bonchev–Trinajstić information content (AvgIpc) is 2.95. The smallest absolute Gasteiger partial charge is 0.263 e. The van der Waals surface area contributed by atoms with Crippen LogP contribution in [-0.4, -0.2) is 48.0 Å². The molecular formula is C22H24FN3O2. The highest BCUT2D eigenvalue weighted by Crippen LogP contribution is 2.16. The van der Waals surface area contributed by atoms with Crippen molar-refractivity contribution in [2.45, 2.75) is 26.0 Å². The fourth-order valence-corrected chi connectivity index (χ4v) is 3.32. The number of nitrogens with zero attached hydrogens (tertiary/aromatic N) is 3. The van der Waals surface area contributed by atoms with Crippen LogP contribution in [0.4, 0.5) is 4.39 Å². The maximum absolute atomic E-state index is 13.1. The van der Waals surface area contributed by atoms with Gasteiger partial charge in [0.05, 0.1) is 11.6 Å². The number of carbonyl (C=O) groups excluding carboxylic acids is 1. The highest BCUT2D eigenvalue weighted by molar-refractivity contribution is 5.81. The molecule has 6 heteroatoms. The summed E-state index contributed by atoms with van der Waals surface area (Å²) in [4.78, 5) is 16.9. The van der Waals surface area contributed by atoms with E-state index in [4.69, 9.17) is 10.00 Å². The van der Waals surface area contributed by atoms with Crippen LogP contribution in [0.1, 0.15) is 24.5 Å². The third kappa shape index (κ3) is 5.30. The van der Waals surface area contributed by atoms with E-state index in [2.05, 4.69) is 11.0 Å². The first-order chi connectivity index (χ1) is 13.5. The van der Waals surface area contributed by atoms with Gasteiger partial charge in [-0.1, -0.05) is 12.1 Å². The Morgan fingerprint density at radius 1 is 1.11 bits per heavy atom. The molecule has 1 saturated heterocycles. The minimum atomic E-state index is -0.586. The maximum Gasteiger partial charge on any atom is 0.263 e. The van der Waals surface area contributed by atoms with E-state index in [-0.39, 0.29) is 11.7 Å². The lowest BCUT2D eigenvalue weighted by molar-refractivity contribution is -0.137. The Bertz CT molecular complexity index is 830. The number of carbonyl (C=O) groups is 1. The third-order valence-corrected chi connectivity index (χ3v) is 4.86. The lowest BCUT2D eigenvalue weighted by Gasteiger charge is -2.25. The maximum atomic E-state index is 13.1. The van der Waals surface area contributed by atoms with Crippen molar-refractivity contribution in [3.05, 3.63) is 65.5 Å². The van der Waals surface area contributed by atoms with E-state index >= 15 is 0 Å². The van der Waals surface area contributed by atoms with Gasteiger partial charge in [-0.3, -0.25) is 9.69 Å². The fraction of sp³-hybridized carbons (Fsp3) is 0.364. The van der Waals surface area contributed by atoms with Gasteiger partial charge in [0.15, 0.2) is 6.10 Å². The lowest BCUT2D eigenvalue weighted by Crippen LogP contribution is -2.42. The Kier molecular flexibility index (Phi) is 6.62. The second kappa shape index (κ2) is 9.34. The van der Waals surface area contributed by atoms with Crippen molar-refractivity contribution in [3.63, 3.8) is 0 Å². The number of hydrogen-bond donors (Lipinski definition) is 0. The molecule has 0 aliphatic carbocycles.